The molecular weight excluding hydrogens is 270 g/mol. The van der Waals surface area contributed by atoms with Gasteiger partial charge in [0.25, 0.3) is 0 Å². The maximum Gasteiger partial charge on any atom is 0.306 e. The van der Waals surface area contributed by atoms with Crippen LogP contribution in [0.5, 0.6) is 0 Å². The number of carbonyl (C=O) groups is 1. The van der Waals surface area contributed by atoms with E-state index in [0.717, 1.165) is 71.1 Å². The number of carboxylic acids is 1. The van der Waals surface area contributed by atoms with E-state index in [1.165, 1.54) is 0 Å². The van der Waals surface area contributed by atoms with Gasteiger partial charge in [0.2, 0.25) is 0 Å². The fourth-order valence-corrected chi connectivity index (χ4v) is 3.99. The lowest BCUT2D eigenvalue weighted by Gasteiger charge is -2.36. The summed E-state index contributed by atoms with van der Waals surface area (Å²) < 4.78 is 11.5. The number of hydrogen-bond donors (Lipinski definition) is 2. The molecule has 0 radical (unpaired) electrons. The van der Waals surface area contributed by atoms with Gasteiger partial charge < -0.3 is 19.9 Å². The summed E-state index contributed by atoms with van der Waals surface area (Å²) in [6.45, 7) is 2.52. The maximum absolute atomic E-state index is 10.9. The molecule has 1 aliphatic heterocycles. The highest BCUT2D eigenvalue weighted by Crippen LogP contribution is 2.36. The van der Waals surface area contributed by atoms with Crippen molar-refractivity contribution >= 4 is 5.97 Å². The Morgan fingerprint density at radius 3 is 2.24 bits per heavy atom. The summed E-state index contributed by atoms with van der Waals surface area (Å²) in [6, 6.07) is 0.570. The Morgan fingerprint density at radius 2 is 1.67 bits per heavy atom. The minimum absolute atomic E-state index is 0.104. The Balaban J connectivity index is 1.34. The molecule has 1 saturated heterocycles. The van der Waals surface area contributed by atoms with Gasteiger partial charge in [0.15, 0.2) is 5.79 Å². The average Bonchev–Trinajstić information content (AvgIpc) is 2.95. The molecule has 0 atom stereocenters. The maximum atomic E-state index is 10.9. The number of nitrogens with one attached hydrogen (secondary N) is 1. The third-order valence-electron chi connectivity index (χ3n) is 5.45. The van der Waals surface area contributed by atoms with Crippen LogP contribution in [0.3, 0.4) is 0 Å². The van der Waals surface area contributed by atoms with Crippen LogP contribution in [0.25, 0.3) is 0 Å². The number of hydrogen-bond acceptors (Lipinski definition) is 4. The zero-order chi connectivity index (χ0) is 14.7. The Labute approximate surface area is 126 Å². The standard InChI is InChI=1S/C16H27NO4/c18-15(19)13-3-1-12(2-4-13)11-17-14-5-7-16(8-6-14)20-9-10-21-16/h12-14,17H,1-11H2,(H,18,19). The van der Waals surface area contributed by atoms with Gasteiger partial charge in [-0.2, -0.15) is 0 Å². The summed E-state index contributed by atoms with van der Waals surface area (Å²) in [5, 5.41) is 12.7. The van der Waals surface area contributed by atoms with E-state index >= 15 is 0 Å². The smallest absolute Gasteiger partial charge is 0.306 e. The molecule has 0 aromatic rings. The lowest BCUT2D eigenvalue weighted by molar-refractivity contribution is -0.179. The van der Waals surface area contributed by atoms with Crippen molar-refractivity contribution in [2.45, 2.75) is 63.2 Å². The Bertz CT molecular complexity index is 349. The third-order valence-corrected chi connectivity index (χ3v) is 5.45. The van der Waals surface area contributed by atoms with Crippen LogP contribution in [0.4, 0.5) is 0 Å². The first-order valence-corrected chi connectivity index (χ1v) is 8.41. The highest BCUT2D eigenvalue weighted by Gasteiger charge is 2.40. The minimum atomic E-state index is -0.615. The lowest BCUT2D eigenvalue weighted by Crippen LogP contribution is -2.43. The van der Waals surface area contributed by atoms with Crippen LogP contribution in [0.2, 0.25) is 0 Å². The highest BCUT2D eigenvalue weighted by atomic mass is 16.7. The molecule has 3 rings (SSSR count). The van der Waals surface area contributed by atoms with Gasteiger partial charge in [0, 0.05) is 18.9 Å². The molecule has 1 heterocycles. The van der Waals surface area contributed by atoms with Crippen LogP contribution < -0.4 is 5.32 Å². The molecule has 0 aromatic carbocycles. The van der Waals surface area contributed by atoms with Gasteiger partial charge in [-0.05, 0) is 51.0 Å². The molecule has 5 heteroatoms. The fraction of sp³-hybridized carbons (Fsp3) is 0.938. The summed E-state index contributed by atoms with van der Waals surface area (Å²) in [7, 11) is 0. The molecule has 1 spiro atoms. The second-order valence-electron chi connectivity index (χ2n) is 6.85. The van der Waals surface area contributed by atoms with Crippen LogP contribution in [-0.4, -0.2) is 42.7 Å². The molecule has 120 valence electrons. The average molecular weight is 297 g/mol. The summed E-state index contributed by atoms with van der Waals surface area (Å²) in [5.74, 6) is -0.337. The summed E-state index contributed by atoms with van der Waals surface area (Å²) in [6.07, 6.45) is 8.01. The van der Waals surface area contributed by atoms with Crippen molar-refractivity contribution in [2.24, 2.45) is 11.8 Å². The fourth-order valence-electron chi connectivity index (χ4n) is 3.99. The summed E-state index contributed by atoms with van der Waals surface area (Å²) >= 11 is 0. The Hall–Kier alpha value is -0.650. The molecule has 0 aromatic heterocycles. The first-order valence-electron chi connectivity index (χ1n) is 8.41. The molecular formula is C16H27NO4. The van der Waals surface area contributed by atoms with Crippen LogP contribution in [0.15, 0.2) is 0 Å². The van der Waals surface area contributed by atoms with E-state index in [0.29, 0.717) is 12.0 Å². The zero-order valence-corrected chi connectivity index (χ0v) is 12.7. The van der Waals surface area contributed by atoms with Crippen molar-refractivity contribution in [3.8, 4) is 0 Å². The van der Waals surface area contributed by atoms with Gasteiger partial charge in [0.1, 0.15) is 0 Å². The first kappa shape index (κ1) is 15.3. The third kappa shape index (κ3) is 3.76. The Kier molecular flexibility index (Phi) is 4.82. The van der Waals surface area contributed by atoms with Gasteiger partial charge in [-0.25, -0.2) is 0 Å². The molecule has 2 saturated carbocycles. The van der Waals surface area contributed by atoms with Gasteiger partial charge in [0.05, 0.1) is 19.1 Å². The number of carboxylic acid groups (broad SMARTS) is 1. The van der Waals surface area contributed by atoms with Crippen molar-refractivity contribution in [2.75, 3.05) is 19.8 Å². The molecule has 0 unspecified atom stereocenters. The quantitative estimate of drug-likeness (QED) is 0.832. The van der Waals surface area contributed by atoms with Crippen LogP contribution in [0.1, 0.15) is 51.4 Å². The first-order chi connectivity index (χ1) is 10.2. The number of ether oxygens (including phenoxy) is 2. The van der Waals surface area contributed by atoms with Gasteiger partial charge in [-0.1, -0.05) is 0 Å². The largest absolute Gasteiger partial charge is 0.481 e. The van der Waals surface area contributed by atoms with E-state index in [2.05, 4.69) is 5.32 Å². The Morgan fingerprint density at radius 1 is 1.05 bits per heavy atom. The minimum Gasteiger partial charge on any atom is -0.481 e. The zero-order valence-electron chi connectivity index (χ0n) is 12.7. The second-order valence-corrected chi connectivity index (χ2v) is 6.85. The number of rotatable bonds is 4. The van der Waals surface area contributed by atoms with E-state index in [9.17, 15) is 4.79 Å². The van der Waals surface area contributed by atoms with Crippen molar-refractivity contribution in [1.82, 2.24) is 5.32 Å². The lowest BCUT2D eigenvalue weighted by atomic mass is 9.81. The molecule has 21 heavy (non-hydrogen) atoms. The predicted octanol–water partition coefficient (Wildman–Crippen LogP) is 2.15. The summed E-state index contributed by atoms with van der Waals surface area (Å²) in [5.41, 5.74) is 0. The van der Waals surface area contributed by atoms with Gasteiger partial charge in [-0.15, -0.1) is 0 Å². The molecule has 0 amide bonds. The number of aliphatic carboxylic acids is 1. The SMILES string of the molecule is O=C(O)C1CCC(CNC2CCC3(CC2)OCCO3)CC1. The van der Waals surface area contributed by atoms with E-state index in [-0.39, 0.29) is 11.7 Å². The van der Waals surface area contributed by atoms with Crippen LogP contribution >= 0.6 is 0 Å². The highest BCUT2D eigenvalue weighted by molar-refractivity contribution is 5.69. The van der Waals surface area contributed by atoms with E-state index in [1.54, 1.807) is 0 Å². The molecule has 0 bridgehead atoms. The molecule has 5 nitrogen and oxygen atoms in total. The monoisotopic (exact) mass is 297 g/mol. The normalized spacial score (nSPS) is 33.3. The van der Waals surface area contributed by atoms with Crippen LogP contribution in [-0.2, 0) is 14.3 Å². The van der Waals surface area contributed by atoms with Crippen LogP contribution in [0, 0.1) is 11.8 Å². The van der Waals surface area contributed by atoms with E-state index in [1.807, 2.05) is 0 Å². The molecule has 2 aliphatic carbocycles. The van der Waals surface area contributed by atoms with Gasteiger partial charge >= 0.3 is 5.97 Å². The van der Waals surface area contributed by atoms with E-state index < -0.39 is 5.97 Å². The molecule has 2 N–H and O–H groups in total. The van der Waals surface area contributed by atoms with Crippen molar-refractivity contribution in [3.05, 3.63) is 0 Å². The molecule has 3 aliphatic rings. The van der Waals surface area contributed by atoms with Crippen molar-refractivity contribution in [3.63, 3.8) is 0 Å². The molecule has 3 fully saturated rings. The summed E-state index contributed by atoms with van der Waals surface area (Å²) in [4.78, 5) is 10.9. The van der Waals surface area contributed by atoms with Gasteiger partial charge in [-0.3, -0.25) is 4.79 Å². The second kappa shape index (κ2) is 6.63. The predicted molar refractivity (Wildman–Crippen MR) is 78.0 cm³/mol. The van der Waals surface area contributed by atoms with Crippen molar-refractivity contribution < 1.29 is 19.4 Å². The topological polar surface area (TPSA) is 67.8 Å². The van der Waals surface area contributed by atoms with Crippen molar-refractivity contribution in [1.29, 1.82) is 0 Å². The van der Waals surface area contributed by atoms with E-state index in [4.69, 9.17) is 14.6 Å².